The number of carbonyl (C=O) groups is 4. The fourth-order valence-corrected chi connectivity index (χ4v) is 4.40. The number of aryl methyl sites for hydroxylation is 1. The van der Waals surface area contributed by atoms with Crippen LogP contribution in [0, 0.1) is 6.92 Å². The van der Waals surface area contributed by atoms with Crippen molar-refractivity contribution in [2.75, 3.05) is 5.32 Å². The summed E-state index contributed by atoms with van der Waals surface area (Å²) in [6.07, 6.45) is 0.505. The number of imide groups is 1. The van der Waals surface area contributed by atoms with Crippen molar-refractivity contribution in [3.8, 4) is 0 Å². The first-order chi connectivity index (χ1) is 15.3. The maximum Gasteiger partial charge on any atom is 0.272 e. The number of nitrogens with one attached hydrogen (secondary N) is 3. The van der Waals surface area contributed by atoms with Gasteiger partial charge in [-0.3, -0.25) is 24.5 Å². The summed E-state index contributed by atoms with van der Waals surface area (Å²) >= 11 is 6.16. The molecule has 3 heterocycles. The summed E-state index contributed by atoms with van der Waals surface area (Å²) in [7, 11) is 0. The lowest BCUT2D eigenvalue weighted by Crippen LogP contribution is -2.52. The number of halogens is 1. The normalized spacial score (nSPS) is 18.1. The molecular formula is C23H19ClN4O4. The first kappa shape index (κ1) is 20.3. The molecule has 0 spiro atoms. The lowest BCUT2D eigenvalue weighted by atomic mass is 10.0. The van der Waals surface area contributed by atoms with E-state index in [1.807, 2.05) is 13.0 Å². The average molecular weight is 451 g/mol. The quantitative estimate of drug-likeness (QED) is 0.532. The summed E-state index contributed by atoms with van der Waals surface area (Å²) in [5.74, 6) is -1.35. The molecule has 1 aromatic heterocycles. The Morgan fingerprint density at radius 1 is 1.16 bits per heavy atom. The molecule has 1 unspecified atom stereocenters. The van der Waals surface area contributed by atoms with Gasteiger partial charge in [-0.1, -0.05) is 11.6 Å². The van der Waals surface area contributed by atoms with E-state index in [0.29, 0.717) is 28.4 Å². The SMILES string of the molecule is Cc1cc2cc(C(=O)Nc3ccc4c(c3)CN(C3CCC(=O)NC3=O)C4=O)[nH]c2cc1Cl. The molecular weight excluding hydrogens is 432 g/mol. The van der Waals surface area contributed by atoms with Crippen LogP contribution < -0.4 is 10.6 Å². The molecule has 0 radical (unpaired) electrons. The predicted octanol–water partition coefficient (Wildman–Crippen LogP) is 3.14. The molecule has 0 bridgehead atoms. The average Bonchev–Trinajstić information content (AvgIpc) is 3.29. The molecule has 3 N–H and O–H groups in total. The summed E-state index contributed by atoms with van der Waals surface area (Å²) in [6, 6.07) is 9.83. The third-order valence-electron chi connectivity index (χ3n) is 5.93. The van der Waals surface area contributed by atoms with E-state index in [1.165, 1.54) is 4.90 Å². The van der Waals surface area contributed by atoms with Crippen molar-refractivity contribution < 1.29 is 19.2 Å². The number of hydrogen-bond donors (Lipinski definition) is 3. The fourth-order valence-electron chi connectivity index (χ4n) is 4.24. The Labute approximate surface area is 187 Å². The van der Waals surface area contributed by atoms with Gasteiger partial charge in [-0.05, 0) is 60.9 Å². The maximum atomic E-state index is 12.8. The lowest BCUT2D eigenvalue weighted by Gasteiger charge is -2.29. The van der Waals surface area contributed by atoms with Crippen molar-refractivity contribution in [1.82, 2.24) is 15.2 Å². The summed E-state index contributed by atoms with van der Waals surface area (Å²) in [5.41, 5.74) is 3.84. The van der Waals surface area contributed by atoms with E-state index < -0.39 is 11.9 Å². The Morgan fingerprint density at radius 3 is 2.75 bits per heavy atom. The van der Waals surface area contributed by atoms with Gasteiger partial charge in [0.15, 0.2) is 0 Å². The Balaban J connectivity index is 1.34. The molecule has 1 saturated heterocycles. The number of carbonyl (C=O) groups excluding carboxylic acids is 4. The summed E-state index contributed by atoms with van der Waals surface area (Å²) in [6.45, 7) is 2.15. The van der Waals surface area contributed by atoms with Gasteiger partial charge in [0.1, 0.15) is 11.7 Å². The highest BCUT2D eigenvalue weighted by Crippen LogP contribution is 2.30. The third-order valence-corrected chi connectivity index (χ3v) is 6.33. The van der Waals surface area contributed by atoms with Crippen molar-refractivity contribution in [1.29, 1.82) is 0 Å². The van der Waals surface area contributed by atoms with Gasteiger partial charge in [-0.25, -0.2) is 0 Å². The number of piperidine rings is 1. The van der Waals surface area contributed by atoms with Crippen LogP contribution in [-0.4, -0.2) is 39.6 Å². The summed E-state index contributed by atoms with van der Waals surface area (Å²) in [4.78, 5) is 53.7. The van der Waals surface area contributed by atoms with Crippen LogP contribution in [0.25, 0.3) is 10.9 Å². The molecule has 2 aliphatic rings. The second kappa shape index (κ2) is 7.49. The van der Waals surface area contributed by atoms with Gasteiger partial charge < -0.3 is 15.2 Å². The second-order valence-electron chi connectivity index (χ2n) is 8.10. The van der Waals surface area contributed by atoms with Crippen LogP contribution in [0.4, 0.5) is 5.69 Å². The predicted molar refractivity (Wildman–Crippen MR) is 118 cm³/mol. The number of aromatic nitrogens is 1. The van der Waals surface area contributed by atoms with Crippen LogP contribution in [0.5, 0.6) is 0 Å². The highest BCUT2D eigenvalue weighted by atomic mass is 35.5. The van der Waals surface area contributed by atoms with Crippen LogP contribution >= 0.6 is 11.6 Å². The van der Waals surface area contributed by atoms with Crippen LogP contribution in [0.15, 0.2) is 36.4 Å². The summed E-state index contributed by atoms with van der Waals surface area (Å²) < 4.78 is 0. The molecule has 32 heavy (non-hydrogen) atoms. The fraction of sp³-hybridized carbons (Fsp3) is 0.217. The Morgan fingerprint density at radius 2 is 1.97 bits per heavy atom. The van der Waals surface area contributed by atoms with Crippen LogP contribution in [0.2, 0.25) is 5.02 Å². The van der Waals surface area contributed by atoms with E-state index in [-0.39, 0.29) is 30.7 Å². The lowest BCUT2D eigenvalue weighted by molar-refractivity contribution is -0.136. The minimum atomic E-state index is -0.674. The highest BCUT2D eigenvalue weighted by Gasteiger charge is 2.39. The van der Waals surface area contributed by atoms with E-state index in [4.69, 9.17) is 11.6 Å². The van der Waals surface area contributed by atoms with Gasteiger partial charge in [0.25, 0.3) is 11.8 Å². The van der Waals surface area contributed by atoms with E-state index in [9.17, 15) is 19.2 Å². The molecule has 162 valence electrons. The van der Waals surface area contributed by atoms with Gasteiger partial charge in [0, 0.05) is 40.1 Å². The number of rotatable bonds is 3. The van der Waals surface area contributed by atoms with Crippen molar-refractivity contribution >= 4 is 51.8 Å². The number of benzene rings is 2. The number of amides is 4. The van der Waals surface area contributed by atoms with Crippen molar-refractivity contribution in [3.05, 3.63) is 63.8 Å². The van der Waals surface area contributed by atoms with E-state index in [1.54, 1.807) is 30.3 Å². The zero-order chi connectivity index (χ0) is 22.6. The maximum absolute atomic E-state index is 12.8. The van der Waals surface area contributed by atoms with Gasteiger partial charge in [-0.2, -0.15) is 0 Å². The van der Waals surface area contributed by atoms with Gasteiger partial charge in [0.2, 0.25) is 11.8 Å². The smallest absolute Gasteiger partial charge is 0.272 e. The van der Waals surface area contributed by atoms with Crippen LogP contribution in [0.3, 0.4) is 0 Å². The molecule has 0 saturated carbocycles. The first-order valence-electron chi connectivity index (χ1n) is 10.2. The monoisotopic (exact) mass is 450 g/mol. The molecule has 1 fully saturated rings. The number of fused-ring (bicyclic) bond motifs is 2. The van der Waals surface area contributed by atoms with Crippen LogP contribution in [0.1, 0.15) is 44.8 Å². The minimum Gasteiger partial charge on any atom is -0.350 e. The molecule has 8 nitrogen and oxygen atoms in total. The Bertz CT molecular complexity index is 1290. The topological polar surface area (TPSA) is 111 Å². The first-order valence-corrected chi connectivity index (χ1v) is 10.6. The number of anilines is 1. The Hall–Kier alpha value is -3.65. The molecule has 4 amide bonds. The zero-order valence-corrected chi connectivity index (χ0v) is 17.9. The summed E-state index contributed by atoms with van der Waals surface area (Å²) in [5, 5.41) is 6.64. The third kappa shape index (κ3) is 3.42. The zero-order valence-electron chi connectivity index (χ0n) is 17.1. The van der Waals surface area contributed by atoms with Crippen molar-refractivity contribution in [2.45, 2.75) is 32.4 Å². The van der Waals surface area contributed by atoms with Crippen LogP contribution in [-0.2, 0) is 16.1 Å². The van der Waals surface area contributed by atoms with Gasteiger partial charge in [-0.15, -0.1) is 0 Å². The number of aromatic amines is 1. The molecule has 1 atom stereocenters. The minimum absolute atomic E-state index is 0.201. The molecule has 5 rings (SSSR count). The van der Waals surface area contributed by atoms with Crippen molar-refractivity contribution in [2.24, 2.45) is 0 Å². The number of hydrogen-bond acceptors (Lipinski definition) is 4. The van der Waals surface area contributed by atoms with Gasteiger partial charge >= 0.3 is 0 Å². The standard InChI is InChI=1S/C23H19ClN4O4/c1-11-6-12-8-18(26-17(12)9-16(11)24)21(30)25-14-2-3-15-13(7-14)10-28(23(15)32)19-4-5-20(29)27-22(19)31/h2-3,6-9,19,26H,4-5,10H2,1H3,(H,25,30)(H,27,29,31). The van der Waals surface area contributed by atoms with Gasteiger partial charge in [0.05, 0.1) is 0 Å². The Kier molecular flexibility index (Phi) is 4.74. The molecule has 9 heteroatoms. The molecule has 3 aromatic rings. The van der Waals surface area contributed by atoms with Crippen molar-refractivity contribution in [3.63, 3.8) is 0 Å². The number of H-pyrrole nitrogens is 1. The second-order valence-corrected chi connectivity index (χ2v) is 8.50. The highest BCUT2D eigenvalue weighted by molar-refractivity contribution is 6.32. The van der Waals surface area contributed by atoms with E-state index >= 15 is 0 Å². The molecule has 2 aliphatic heterocycles. The largest absolute Gasteiger partial charge is 0.350 e. The van der Waals surface area contributed by atoms with E-state index in [0.717, 1.165) is 22.0 Å². The molecule has 0 aliphatic carbocycles. The van der Waals surface area contributed by atoms with E-state index in [2.05, 4.69) is 15.6 Å². The molecule has 2 aromatic carbocycles. The number of nitrogens with zero attached hydrogens (tertiary/aromatic N) is 1.